The third-order valence-electron chi connectivity index (χ3n) is 3.07. The smallest absolute Gasteiger partial charge is 0.154 e. The first-order valence-electron chi connectivity index (χ1n) is 5.48. The van der Waals surface area contributed by atoms with Crippen LogP contribution in [-0.4, -0.2) is 24.2 Å². The van der Waals surface area contributed by atoms with E-state index in [2.05, 4.69) is 15.0 Å². The molecule has 0 radical (unpaired) electrons. The standard InChI is InChI=1S/C11H11N3O3/c15-7-8-5-9(13-3-1-2-4-13)6-10-11(8)12-17-14(10)16/h5-6,16H,1-4H2. The maximum atomic E-state index is 10.9. The fourth-order valence-corrected chi connectivity index (χ4v) is 2.21. The van der Waals surface area contributed by atoms with Crippen LogP contribution in [0.2, 0.25) is 0 Å². The summed E-state index contributed by atoms with van der Waals surface area (Å²) >= 11 is 0. The van der Waals surface area contributed by atoms with Gasteiger partial charge >= 0.3 is 0 Å². The highest BCUT2D eigenvalue weighted by atomic mass is 17.0. The maximum absolute atomic E-state index is 10.9. The number of hydrogen-bond acceptors (Lipinski definition) is 6. The Morgan fingerprint density at radius 3 is 2.82 bits per heavy atom. The maximum Gasteiger partial charge on any atom is 0.154 e. The van der Waals surface area contributed by atoms with E-state index >= 15 is 0 Å². The van der Waals surface area contributed by atoms with E-state index in [9.17, 15) is 10.0 Å². The summed E-state index contributed by atoms with van der Waals surface area (Å²) < 4.78 is 0. The van der Waals surface area contributed by atoms with Crippen LogP contribution < -0.4 is 20.7 Å². The molecule has 1 fully saturated rings. The second-order valence-corrected chi connectivity index (χ2v) is 4.10. The first-order chi connectivity index (χ1) is 8.29. The zero-order valence-electron chi connectivity index (χ0n) is 9.09. The number of anilines is 2. The fraction of sp³-hybridized carbons (Fsp3) is 0.364. The molecular formula is C11H11N3O3. The predicted octanol–water partition coefficient (Wildman–Crippen LogP) is -0.535. The zero-order valence-corrected chi connectivity index (χ0v) is 9.09. The summed E-state index contributed by atoms with van der Waals surface area (Å²) in [4.78, 5) is 17.6. The molecule has 0 amide bonds. The molecule has 0 spiro atoms. The summed E-state index contributed by atoms with van der Waals surface area (Å²) in [7, 11) is 0. The van der Waals surface area contributed by atoms with Crippen LogP contribution in [0.25, 0.3) is 0 Å². The summed E-state index contributed by atoms with van der Waals surface area (Å²) in [5, 5.41) is 14.2. The van der Waals surface area contributed by atoms with Gasteiger partial charge in [0.15, 0.2) is 5.36 Å². The minimum Gasteiger partial charge on any atom is -0.371 e. The van der Waals surface area contributed by atoms with Gasteiger partial charge in [-0.15, -0.1) is 0 Å². The second-order valence-electron chi connectivity index (χ2n) is 4.10. The minimum absolute atomic E-state index is 0.306. The van der Waals surface area contributed by atoms with E-state index < -0.39 is 0 Å². The van der Waals surface area contributed by atoms with Crippen molar-refractivity contribution in [2.24, 2.45) is 5.16 Å². The third kappa shape index (κ3) is 1.54. The van der Waals surface area contributed by atoms with Gasteiger partial charge in [-0.25, -0.2) is 9.73 Å². The van der Waals surface area contributed by atoms with Gasteiger partial charge in [-0.3, -0.25) is 5.21 Å². The highest BCUT2D eigenvalue weighted by Crippen LogP contribution is 2.22. The normalized spacial score (nSPS) is 17.5. The molecule has 1 N–H and O–H groups in total. The molecule has 2 heterocycles. The minimum atomic E-state index is 0.306. The molecule has 1 aromatic rings. The van der Waals surface area contributed by atoms with Gasteiger partial charge in [0, 0.05) is 18.8 Å². The lowest BCUT2D eigenvalue weighted by Crippen LogP contribution is -2.30. The van der Waals surface area contributed by atoms with Crippen molar-refractivity contribution in [3.63, 3.8) is 0 Å². The van der Waals surface area contributed by atoms with Crippen molar-refractivity contribution in [2.75, 3.05) is 23.2 Å². The molecule has 88 valence electrons. The molecule has 3 rings (SSSR count). The van der Waals surface area contributed by atoms with Crippen molar-refractivity contribution in [3.05, 3.63) is 22.7 Å². The Morgan fingerprint density at radius 1 is 1.35 bits per heavy atom. The molecule has 2 aliphatic rings. The highest BCUT2D eigenvalue weighted by molar-refractivity contribution is 5.62. The van der Waals surface area contributed by atoms with Gasteiger partial charge in [0.05, 0.1) is 5.22 Å². The molecule has 0 aromatic heterocycles. The topological polar surface area (TPSA) is 65.4 Å². The lowest BCUT2D eigenvalue weighted by Gasteiger charge is -2.18. The number of hydrogen-bond donors (Lipinski definition) is 1. The quantitative estimate of drug-likeness (QED) is 0.706. The number of nitrogens with zero attached hydrogens (tertiary/aromatic N) is 3. The molecule has 1 aromatic carbocycles. The molecule has 1 saturated heterocycles. The van der Waals surface area contributed by atoms with Crippen LogP contribution in [0.4, 0.5) is 11.4 Å². The molecule has 6 nitrogen and oxygen atoms in total. The Hall–Kier alpha value is -2.04. The van der Waals surface area contributed by atoms with Crippen LogP contribution in [0.5, 0.6) is 0 Å². The Labute approximate surface area is 96.9 Å². The lowest BCUT2D eigenvalue weighted by atomic mass is 10.2. The molecule has 17 heavy (non-hydrogen) atoms. The summed E-state index contributed by atoms with van der Waals surface area (Å²) in [6.07, 6.45) is 2.28. The second kappa shape index (κ2) is 3.76. The van der Waals surface area contributed by atoms with Gasteiger partial charge in [-0.05, 0) is 30.1 Å². The van der Waals surface area contributed by atoms with Crippen LogP contribution in [-0.2, 0) is 9.73 Å². The van der Waals surface area contributed by atoms with E-state index in [1.165, 1.54) is 0 Å². The van der Waals surface area contributed by atoms with Crippen LogP contribution in [0.15, 0.2) is 17.3 Å². The molecule has 0 saturated carbocycles. The Morgan fingerprint density at radius 2 is 2.12 bits per heavy atom. The summed E-state index contributed by atoms with van der Waals surface area (Å²) in [5.41, 5.74) is 1.27. The molecule has 0 atom stereocenters. The molecule has 0 aliphatic carbocycles. The van der Waals surface area contributed by atoms with E-state index in [0.717, 1.165) is 31.6 Å². The third-order valence-corrected chi connectivity index (χ3v) is 3.07. The van der Waals surface area contributed by atoms with Gasteiger partial charge in [-0.2, -0.15) is 0 Å². The largest absolute Gasteiger partial charge is 0.371 e. The van der Waals surface area contributed by atoms with Crippen molar-refractivity contribution in [1.82, 2.24) is 0 Å². The molecule has 6 heteroatoms. The molecule has 0 bridgehead atoms. The summed E-state index contributed by atoms with van der Waals surface area (Å²) in [6, 6.07) is 3.49. The summed E-state index contributed by atoms with van der Waals surface area (Å²) in [5.74, 6) is 1.82. The Bertz CT molecular complexity index is 589. The fourth-order valence-electron chi connectivity index (χ4n) is 2.21. The van der Waals surface area contributed by atoms with Crippen LogP contribution in [0, 0.1) is 0 Å². The van der Waals surface area contributed by atoms with Crippen LogP contribution in [0.1, 0.15) is 12.8 Å². The van der Waals surface area contributed by atoms with Gasteiger partial charge in [0.25, 0.3) is 0 Å². The SMILES string of the molecule is O=C=c1cc(N2CCCC2)cc2c1=NON2O. The number of rotatable bonds is 1. The van der Waals surface area contributed by atoms with Gasteiger partial charge in [0.1, 0.15) is 11.6 Å². The average molecular weight is 233 g/mol. The van der Waals surface area contributed by atoms with Crippen molar-refractivity contribution in [1.29, 1.82) is 0 Å². The van der Waals surface area contributed by atoms with E-state index in [4.69, 9.17) is 0 Å². The average Bonchev–Trinajstić information content (AvgIpc) is 2.98. The van der Waals surface area contributed by atoms with Crippen molar-refractivity contribution in [3.8, 4) is 0 Å². The van der Waals surface area contributed by atoms with Gasteiger partial charge < -0.3 is 4.90 Å². The van der Waals surface area contributed by atoms with Crippen molar-refractivity contribution < 1.29 is 14.9 Å². The highest BCUT2D eigenvalue weighted by Gasteiger charge is 2.20. The van der Waals surface area contributed by atoms with Crippen LogP contribution in [0.3, 0.4) is 0 Å². The first-order valence-corrected chi connectivity index (χ1v) is 5.48. The zero-order chi connectivity index (χ0) is 11.8. The molecular weight excluding hydrogens is 222 g/mol. The predicted molar refractivity (Wildman–Crippen MR) is 58.8 cm³/mol. The summed E-state index contributed by atoms with van der Waals surface area (Å²) in [6.45, 7) is 1.92. The molecule has 2 aliphatic heterocycles. The number of carbonyl (C=O) groups excluding carboxylic acids is 1. The Balaban J connectivity index is 2.18. The van der Waals surface area contributed by atoms with E-state index in [1.54, 1.807) is 12.1 Å². The number of benzene rings is 1. The van der Waals surface area contributed by atoms with Gasteiger partial charge in [-0.1, -0.05) is 5.23 Å². The molecule has 0 unspecified atom stereocenters. The first kappa shape index (κ1) is 10.1. The van der Waals surface area contributed by atoms with E-state index in [1.807, 2.05) is 5.94 Å². The lowest BCUT2D eigenvalue weighted by molar-refractivity contribution is -0.0306. The number of fused-ring (bicyclic) bond motifs is 1. The van der Waals surface area contributed by atoms with Crippen molar-refractivity contribution in [2.45, 2.75) is 12.8 Å². The van der Waals surface area contributed by atoms with Gasteiger partial charge in [0.2, 0.25) is 0 Å². The monoisotopic (exact) mass is 233 g/mol. The van der Waals surface area contributed by atoms with E-state index in [-0.39, 0.29) is 0 Å². The van der Waals surface area contributed by atoms with Crippen molar-refractivity contribution >= 4 is 17.3 Å². The Kier molecular flexibility index (Phi) is 2.24. The van der Waals surface area contributed by atoms with Crippen LogP contribution >= 0.6 is 0 Å². The van der Waals surface area contributed by atoms with E-state index in [0.29, 0.717) is 21.5 Å².